The van der Waals surface area contributed by atoms with E-state index in [-0.39, 0.29) is 10.9 Å². The molecule has 2 N–H and O–H groups in total. The van der Waals surface area contributed by atoms with Crippen molar-refractivity contribution in [1.29, 1.82) is 0 Å². The molecule has 0 aromatic heterocycles. The van der Waals surface area contributed by atoms with Crippen molar-refractivity contribution in [1.82, 2.24) is 5.32 Å². The quantitative estimate of drug-likeness (QED) is 0.804. The molecule has 3 nitrogen and oxygen atoms in total. The molecule has 0 radical (unpaired) electrons. The molecule has 22 heavy (non-hydrogen) atoms. The number of fused-ring (bicyclic) bond motifs is 3. The number of nitrogens with one attached hydrogen (secondary N) is 2. The molecule has 1 aromatic rings. The number of amides is 1. The van der Waals surface area contributed by atoms with Crippen molar-refractivity contribution in [3.05, 3.63) is 34.6 Å². The molecule has 2 bridgehead atoms. The number of piperidine rings is 3. The second kappa shape index (κ2) is 6.28. The maximum Gasteiger partial charge on any atom is 0.251 e. The Bertz CT molecular complexity index is 628. The monoisotopic (exact) mass is 321 g/mol. The minimum absolute atomic E-state index is 0.0318. The first-order valence-corrected chi connectivity index (χ1v) is 8.00. The molecule has 5 heteroatoms. The van der Waals surface area contributed by atoms with Crippen molar-refractivity contribution in [3.63, 3.8) is 0 Å². The Balaban J connectivity index is 1.58. The third-order valence-electron chi connectivity index (χ3n) is 4.96. The average molecular weight is 322 g/mol. The van der Waals surface area contributed by atoms with Crippen LogP contribution in [-0.4, -0.2) is 31.6 Å². The summed E-state index contributed by atoms with van der Waals surface area (Å²) in [6.07, 6.45) is 7.83. The lowest BCUT2D eigenvalue weighted by Crippen LogP contribution is -3.20. The van der Waals surface area contributed by atoms with Gasteiger partial charge in [0, 0.05) is 18.4 Å². The summed E-state index contributed by atoms with van der Waals surface area (Å²) < 4.78 is 13.1. The molecule has 116 valence electrons. The molecule has 3 fully saturated rings. The van der Waals surface area contributed by atoms with Crippen LogP contribution >= 0.6 is 11.6 Å². The van der Waals surface area contributed by atoms with Crippen molar-refractivity contribution < 1.29 is 14.1 Å². The molecule has 1 unspecified atom stereocenters. The van der Waals surface area contributed by atoms with Crippen LogP contribution in [0.1, 0.15) is 23.2 Å². The van der Waals surface area contributed by atoms with Gasteiger partial charge in [-0.05, 0) is 24.1 Å². The van der Waals surface area contributed by atoms with Crippen molar-refractivity contribution in [2.24, 2.45) is 11.8 Å². The van der Waals surface area contributed by atoms with Gasteiger partial charge in [0.2, 0.25) is 0 Å². The summed E-state index contributed by atoms with van der Waals surface area (Å²) >= 11 is 5.71. The number of halogens is 2. The number of quaternary nitrogens is 1. The Labute approximate surface area is 134 Å². The third kappa shape index (κ3) is 2.97. The molecule has 3 saturated heterocycles. The van der Waals surface area contributed by atoms with Gasteiger partial charge in [0.15, 0.2) is 0 Å². The fraction of sp³-hybridized carbons (Fsp3) is 0.471. The zero-order chi connectivity index (χ0) is 15.7. The summed E-state index contributed by atoms with van der Waals surface area (Å²) in [5.41, 5.74) is 0.388. The maximum atomic E-state index is 13.1. The standard InChI is InChI=1S/C17H18ClFN2O/c1-2-11-10-21-6-5-12(11)7-14(21)9-20-17(22)13-3-4-16(19)15(18)8-13/h1,3-4,8,11-12,14H,5-7,9-10H2,(H,20,22)/p+1/t11-,12-,14+/m0/s1. The summed E-state index contributed by atoms with van der Waals surface area (Å²) in [5, 5.41) is 2.91. The van der Waals surface area contributed by atoms with Crippen molar-refractivity contribution >= 4 is 17.5 Å². The number of benzene rings is 1. The zero-order valence-corrected chi connectivity index (χ0v) is 13.0. The summed E-state index contributed by atoms with van der Waals surface area (Å²) in [7, 11) is 0. The first-order valence-electron chi connectivity index (χ1n) is 7.62. The summed E-state index contributed by atoms with van der Waals surface area (Å²) in [6, 6.07) is 4.45. The van der Waals surface area contributed by atoms with Gasteiger partial charge in [-0.1, -0.05) is 17.5 Å². The van der Waals surface area contributed by atoms with E-state index in [1.807, 2.05) is 0 Å². The van der Waals surface area contributed by atoms with E-state index >= 15 is 0 Å². The van der Waals surface area contributed by atoms with Gasteiger partial charge < -0.3 is 10.2 Å². The summed E-state index contributed by atoms with van der Waals surface area (Å²) in [4.78, 5) is 13.6. The number of hydrogen-bond donors (Lipinski definition) is 2. The number of carbonyl (C=O) groups is 1. The molecular weight excluding hydrogens is 303 g/mol. The van der Waals surface area contributed by atoms with Crippen LogP contribution in [0.4, 0.5) is 4.39 Å². The van der Waals surface area contributed by atoms with Gasteiger partial charge in [-0.3, -0.25) is 4.79 Å². The van der Waals surface area contributed by atoms with E-state index in [9.17, 15) is 9.18 Å². The summed E-state index contributed by atoms with van der Waals surface area (Å²) in [5.74, 6) is 3.14. The lowest BCUT2D eigenvalue weighted by atomic mass is 9.76. The van der Waals surface area contributed by atoms with Crippen LogP contribution in [0.3, 0.4) is 0 Å². The van der Waals surface area contributed by atoms with Crippen LogP contribution in [0.25, 0.3) is 0 Å². The fourth-order valence-electron chi connectivity index (χ4n) is 3.69. The summed E-state index contributed by atoms with van der Waals surface area (Å²) in [6.45, 7) is 2.76. The topological polar surface area (TPSA) is 33.5 Å². The zero-order valence-electron chi connectivity index (χ0n) is 12.2. The van der Waals surface area contributed by atoms with Crippen LogP contribution < -0.4 is 10.2 Å². The molecule has 0 aliphatic carbocycles. The number of carbonyl (C=O) groups excluding carboxylic acids is 1. The first kappa shape index (κ1) is 15.3. The van der Waals surface area contributed by atoms with Crippen LogP contribution in [0.5, 0.6) is 0 Å². The van der Waals surface area contributed by atoms with E-state index in [1.54, 1.807) is 0 Å². The highest BCUT2D eigenvalue weighted by Crippen LogP contribution is 2.26. The highest BCUT2D eigenvalue weighted by atomic mass is 35.5. The number of terminal acetylenes is 1. The van der Waals surface area contributed by atoms with Gasteiger partial charge in [0.05, 0.1) is 30.6 Å². The second-order valence-electron chi connectivity index (χ2n) is 6.21. The van der Waals surface area contributed by atoms with E-state index in [0.29, 0.717) is 30.0 Å². The van der Waals surface area contributed by atoms with E-state index in [1.165, 1.54) is 29.5 Å². The van der Waals surface area contributed by atoms with Gasteiger partial charge in [0.25, 0.3) is 5.91 Å². The largest absolute Gasteiger partial charge is 0.346 e. The predicted octanol–water partition coefficient (Wildman–Crippen LogP) is 1.14. The maximum absolute atomic E-state index is 13.1. The molecule has 3 aliphatic heterocycles. The van der Waals surface area contributed by atoms with Crippen LogP contribution in [0.2, 0.25) is 5.02 Å². The Hall–Kier alpha value is -1.57. The molecule has 1 aromatic carbocycles. The highest BCUT2D eigenvalue weighted by molar-refractivity contribution is 6.31. The van der Waals surface area contributed by atoms with Gasteiger partial charge >= 0.3 is 0 Å². The Morgan fingerprint density at radius 2 is 2.36 bits per heavy atom. The van der Waals surface area contributed by atoms with E-state index in [2.05, 4.69) is 11.2 Å². The lowest BCUT2D eigenvalue weighted by molar-refractivity contribution is -0.943. The molecule has 0 spiro atoms. The SMILES string of the molecule is C#C[C@H]1C[NH+]2CC[C@H]1C[C@@H]2CNC(=O)c1ccc(F)c(Cl)c1. The van der Waals surface area contributed by atoms with Crippen molar-refractivity contribution in [3.8, 4) is 12.3 Å². The van der Waals surface area contributed by atoms with Crippen molar-refractivity contribution in [2.75, 3.05) is 19.6 Å². The molecule has 4 rings (SSSR count). The third-order valence-corrected chi connectivity index (χ3v) is 5.25. The van der Waals surface area contributed by atoms with Gasteiger partial charge in [-0.2, -0.15) is 0 Å². The number of hydrogen-bond acceptors (Lipinski definition) is 1. The van der Waals surface area contributed by atoms with Gasteiger partial charge in [0.1, 0.15) is 11.9 Å². The Kier molecular flexibility index (Phi) is 4.37. The normalized spacial score (nSPS) is 29.9. The van der Waals surface area contributed by atoms with Crippen LogP contribution in [0, 0.1) is 30.0 Å². The lowest BCUT2D eigenvalue weighted by Gasteiger charge is -2.45. The Morgan fingerprint density at radius 3 is 3.00 bits per heavy atom. The minimum atomic E-state index is -0.515. The van der Waals surface area contributed by atoms with E-state index in [0.717, 1.165) is 19.5 Å². The first-order chi connectivity index (χ1) is 10.6. The molecule has 0 saturated carbocycles. The molecular formula is C17H19ClFN2O+. The second-order valence-corrected chi connectivity index (χ2v) is 6.61. The Morgan fingerprint density at radius 1 is 1.55 bits per heavy atom. The minimum Gasteiger partial charge on any atom is -0.346 e. The molecule has 3 heterocycles. The predicted molar refractivity (Wildman–Crippen MR) is 83.3 cm³/mol. The van der Waals surface area contributed by atoms with Gasteiger partial charge in [-0.15, -0.1) is 6.42 Å². The average Bonchev–Trinajstić information content (AvgIpc) is 2.55. The fourth-order valence-corrected chi connectivity index (χ4v) is 3.87. The molecule has 4 atom stereocenters. The van der Waals surface area contributed by atoms with Crippen LogP contribution in [-0.2, 0) is 0 Å². The molecule has 1 amide bonds. The number of rotatable bonds is 3. The highest BCUT2D eigenvalue weighted by Gasteiger charge is 2.42. The van der Waals surface area contributed by atoms with Crippen LogP contribution in [0.15, 0.2) is 18.2 Å². The van der Waals surface area contributed by atoms with Gasteiger partial charge in [-0.25, -0.2) is 4.39 Å². The van der Waals surface area contributed by atoms with Crippen molar-refractivity contribution in [2.45, 2.75) is 18.9 Å². The van der Waals surface area contributed by atoms with E-state index in [4.69, 9.17) is 18.0 Å². The smallest absolute Gasteiger partial charge is 0.251 e. The van der Waals surface area contributed by atoms with E-state index < -0.39 is 5.82 Å². The molecule has 3 aliphatic rings.